The number of fused-ring (bicyclic) bond motifs is 1. The second kappa shape index (κ2) is 18.0. The number of nitrogens with zero attached hydrogens (tertiary/aromatic N) is 2. The van der Waals surface area contributed by atoms with Crippen LogP contribution in [0.3, 0.4) is 0 Å². The zero-order chi connectivity index (χ0) is 39.1. The number of esters is 4. The lowest BCUT2D eigenvalue weighted by atomic mass is 9.73. The molecule has 3 fully saturated rings. The van der Waals surface area contributed by atoms with Crippen molar-refractivity contribution in [2.24, 2.45) is 5.41 Å². The number of aryl methyl sites for hydroxylation is 1. The van der Waals surface area contributed by atoms with Crippen LogP contribution in [-0.2, 0) is 49.3 Å². The first-order chi connectivity index (χ1) is 26.4. The second-order valence-corrected chi connectivity index (χ2v) is 15.4. The summed E-state index contributed by atoms with van der Waals surface area (Å²) in [6, 6.07) is 14.5. The van der Waals surface area contributed by atoms with Gasteiger partial charge >= 0.3 is 23.9 Å². The van der Waals surface area contributed by atoms with Crippen molar-refractivity contribution in [2.45, 2.75) is 104 Å². The maximum atomic E-state index is 12.5. The average molecular weight is 758 g/mol. The second-order valence-electron chi connectivity index (χ2n) is 15.4. The molecule has 3 aliphatic heterocycles. The van der Waals surface area contributed by atoms with Crippen LogP contribution in [0.2, 0.25) is 0 Å². The minimum Gasteiger partial charge on any atom is -0.463 e. The van der Waals surface area contributed by atoms with Crippen LogP contribution < -0.4 is 5.32 Å². The van der Waals surface area contributed by atoms with Gasteiger partial charge < -0.3 is 38.5 Å². The van der Waals surface area contributed by atoms with Gasteiger partial charge in [0.1, 0.15) is 12.7 Å². The van der Waals surface area contributed by atoms with Gasteiger partial charge in [-0.1, -0.05) is 48.6 Å². The summed E-state index contributed by atoms with van der Waals surface area (Å²) in [5.74, 6) is -2.56. The highest BCUT2D eigenvalue weighted by atomic mass is 16.7. The summed E-state index contributed by atoms with van der Waals surface area (Å²) in [5, 5.41) is 4.53. The fourth-order valence-corrected chi connectivity index (χ4v) is 8.67. The summed E-state index contributed by atoms with van der Waals surface area (Å²) in [7, 11) is 0. The number of carbonyl (C=O) groups is 4. The van der Waals surface area contributed by atoms with Crippen molar-refractivity contribution >= 4 is 40.9 Å². The van der Waals surface area contributed by atoms with Crippen molar-refractivity contribution in [1.29, 1.82) is 0 Å². The first-order valence-corrected chi connectivity index (χ1v) is 19.5. The molecule has 1 spiro atoms. The van der Waals surface area contributed by atoms with Gasteiger partial charge in [-0.15, -0.1) is 0 Å². The third kappa shape index (κ3) is 10.0. The third-order valence-electron chi connectivity index (χ3n) is 11.1. The molecular weight excluding hydrogens is 702 g/mol. The Bertz CT molecular complexity index is 1860. The van der Waals surface area contributed by atoms with Crippen molar-refractivity contribution < 1.29 is 42.9 Å². The first-order valence-electron chi connectivity index (χ1n) is 19.5. The van der Waals surface area contributed by atoms with Gasteiger partial charge in [-0.3, -0.25) is 19.2 Å². The number of hydrogen-bond donors (Lipinski definition) is 1. The number of piperidine rings is 2. The predicted molar refractivity (Wildman–Crippen MR) is 207 cm³/mol. The molecule has 3 saturated heterocycles. The SMILES string of the molecule is CC(=O)OC[C@H]1O[C@@H](n2cc(Cc3ccc(/C=C/CCN4CCCC5(CCNCC5)C4)cc3)c3c(C)cccc32)[C@H](OC(C)=O)[C@@H](OC(C)=O)[C@@H]1OC(C)=O. The highest BCUT2D eigenvalue weighted by molar-refractivity contribution is 5.87. The van der Waals surface area contributed by atoms with E-state index in [1.54, 1.807) is 0 Å². The average Bonchev–Trinajstić information content (AvgIpc) is 3.50. The first kappa shape index (κ1) is 40.2. The Morgan fingerprint density at radius 2 is 1.56 bits per heavy atom. The molecule has 4 heterocycles. The van der Waals surface area contributed by atoms with Crippen LogP contribution >= 0.6 is 0 Å². The molecule has 0 radical (unpaired) electrons. The molecule has 0 aliphatic carbocycles. The molecule has 3 aromatic rings. The number of carbonyl (C=O) groups excluding carboxylic acids is 4. The van der Waals surface area contributed by atoms with E-state index in [2.05, 4.69) is 46.6 Å². The monoisotopic (exact) mass is 757 g/mol. The van der Waals surface area contributed by atoms with Gasteiger partial charge in [-0.05, 0) is 98.8 Å². The van der Waals surface area contributed by atoms with Gasteiger partial charge in [-0.25, -0.2) is 0 Å². The molecule has 6 rings (SSSR count). The van der Waals surface area contributed by atoms with E-state index in [9.17, 15) is 19.2 Å². The number of likely N-dealkylation sites (tertiary alicyclic amines) is 1. The molecular formula is C43H55N3O9. The Kier molecular flexibility index (Phi) is 13.1. The van der Waals surface area contributed by atoms with Crippen LogP contribution in [0.5, 0.6) is 0 Å². The lowest BCUT2D eigenvalue weighted by Gasteiger charge is -2.45. The van der Waals surface area contributed by atoms with Crippen molar-refractivity contribution in [3.63, 3.8) is 0 Å². The van der Waals surface area contributed by atoms with E-state index >= 15 is 0 Å². The van der Waals surface area contributed by atoms with Crippen molar-refractivity contribution in [3.05, 3.63) is 77.0 Å². The normalized spacial score (nSPS) is 24.1. The minimum absolute atomic E-state index is 0.295. The quantitative estimate of drug-likeness (QED) is 0.181. The molecule has 2 aromatic carbocycles. The maximum absolute atomic E-state index is 12.5. The zero-order valence-corrected chi connectivity index (χ0v) is 32.7. The lowest BCUT2D eigenvalue weighted by Crippen LogP contribution is -2.60. The highest BCUT2D eigenvalue weighted by Gasteiger charge is 2.53. The molecule has 3 aliphatic rings. The van der Waals surface area contributed by atoms with Gasteiger partial charge in [0.25, 0.3) is 0 Å². The highest BCUT2D eigenvalue weighted by Crippen LogP contribution is 2.40. The lowest BCUT2D eigenvalue weighted by molar-refractivity contribution is -0.267. The topological polar surface area (TPSA) is 135 Å². The van der Waals surface area contributed by atoms with Crippen molar-refractivity contribution in [2.75, 3.05) is 39.3 Å². The molecule has 0 bridgehead atoms. The van der Waals surface area contributed by atoms with Crippen LogP contribution in [-0.4, -0.2) is 97.1 Å². The van der Waals surface area contributed by atoms with Gasteiger partial charge in [0.2, 0.25) is 0 Å². The van der Waals surface area contributed by atoms with E-state index < -0.39 is 54.5 Å². The number of benzene rings is 2. The van der Waals surface area contributed by atoms with Crippen LogP contribution in [0.4, 0.5) is 0 Å². The summed E-state index contributed by atoms with van der Waals surface area (Å²) < 4.78 is 30.8. The van der Waals surface area contributed by atoms with Gasteiger partial charge in [0, 0.05) is 52.4 Å². The number of nitrogens with one attached hydrogen (secondary N) is 1. The minimum atomic E-state index is -1.26. The Labute approximate surface area is 323 Å². The Morgan fingerprint density at radius 1 is 0.873 bits per heavy atom. The maximum Gasteiger partial charge on any atom is 0.303 e. The summed E-state index contributed by atoms with van der Waals surface area (Å²) in [6.07, 6.45) is 7.53. The fraction of sp³-hybridized carbons (Fsp3) is 0.535. The summed E-state index contributed by atoms with van der Waals surface area (Å²) in [6.45, 7) is 12.5. The van der Waals surface area contributed by atoms with Crippen LogP contribution in [0.15, 0.2) is 54.7 Å². The largest absolute Gasteiger partial charge is 0.463 e. The Hall–Kier alpha value is -4.52. The molecule has 0 amide bonds. The Morgan fingerprint density at radius 3 is 2.25 bits per heavy atom. The Balaban J connectivity index is 1.23. The zero-order valence-electron chi connectivity index (χ0n) is 32.7. The van der Waals surface area contributed by atoms with E-state index in [1.807, 2.05) is 35.9 Å². The molecule has 0 unspecified atom stereocenters. The summed E-state index contributed by atoms with van der Waals surface area (Å²) >= 11 is 0. The van der Waals surface area contributed by atoms with E-state index in [0.717, 1.165) is 59.2 Å². The summed E-state index contributed by atoms with van der Waals surface area (Å²) in [5.41, 5.74) is 5.62. The smallest absolute Gasteiger partial charge is 0.303 e. The summed E-state index contributed by atoms with van der Waals surface area (Å²) in [4.78, 5) is 51.7. The fourth-order valence-electron chi connectivity index (χ4n) is 8.67. The molecule has 12 heteroatoms. The van der Waals surface area contributed by atoms with Crippen LogP contribution in [0.25, 0.3) is 17.0 Å². The van der Waals surface area contributed by atoms with Crippen molar-refractivity contribution in [3.8, 4) is 0 Å². The molecule has 1 N–H and O–H groups in total. The van der Waals surface area contributed by atoms with Gasteiger partial charge in [0.15, 0.2) is 24.5 Å². The molecule has 296 valence electrons. The number of ether oxygens (including phenoxy) is 5. The van der Waals surface area contributed by atoms with Gasteiger partial charge in [-0.2, -0.15) is 0 Å². The molecule has 5 atom stereocenters. The molecule has 0 saturated carbocycles. The van der Waals surface area contributed by atoms with Crippen LogP contribution in [0, 0.1) is 12.3 Å². The molecule has 55 heavy (non-hydrogen) atoms. The third-order valence-corrected chi connectivity index (χ3v) is 11.1. The predicted octanol–water partition coefficient (Wildman–Crippen LogP) is 5.67. The van der Waals surface area contributed by atoms with E-state index in [4.69, 9.17) is 23.7 Å². The standard InChI is InChI=1S/C43H55N3O9/c1-28-10-8-12-36-38(28)35(24-34-15-13-33(14-16-34)11-6-7-22-45-23-9-17-43(27-45)18-20-44-21-19-43)25-46(36)42-41(54-32(5)50)40(53-31(4)49)39(52-30(3)48)37(55-42)26-51-29(2)47/h6,8,10-16,25,37,39-42,44H,7,9,17-24,26-27H2,1-5H3/b11-6+/t37-,39-,40+,41-,42-/m1/s1. The molecule has 1 aromatic heterocycles. The van der Waals surface area contributed by atoms with Crippen LogP contribution in [0.1, 0.15) is 88.3 Å². The number of aromatic nitrogens is 1. The number of rotatable bonds is 12. The number of hydrogen-bond acceptors (Lipinski definition) is 11. The van der Waals surface area contributed by atoms with E-state index in [-0.39, 0.29) is 6.61 Å². The van der Waals surface area contributed by atoms with E-state index in [0.29, 0.717) is 11.8 Å². The van der Waals surface area contributed by atoms with E-state index in [1.165, 1.54) is 66.5 Å². The van der Waals surface area contributed by atoms with Crippen molar-refractivity contribution in [1.82, 2.24) is 14.8 Å². The molecule has 12 nitrogen and oxygen atoms in total. The van der Waals surface area contributed by atoms with Gasteiger partial charge in [0.05, 0.1) is 5.52 Å².